The van der Waals surface area contributed by atoms with Gasteiger partial charge in [-0.2, -0.15) is 0 Å². The van der Waals surface area contributed by atoms with Crippen molar-refractivity contribution in [3.63, 3.8) is 0 Å². The third-order valence-electron chi connectivity index (χ3n) is 4.90. The molecule has 4 heteroatoms. The summed E-state index contributed by atoms with van der Waals surface area (Å²) in [5.41, 5.74) is 3.81. The van der Waals surface area contributed by atoms with Crippen molar-refractivity contribution in [2.75, 3.05) is 6.61 Å². The maximum Gasteiger partial charge on any atom is 0.337 e. The summed E-state index contributed by atoms with van der Waals surface area (Å²) in [5.74, 6) is 0.0401. The quantitative estimate of drug-likeness (QED) is 0.743. The smallest absolute Gasteiger partial charge is 0.337 e. The van der Waals surface area contributed by atoms with Gasteiger partial charge in [0.1, 0.15) is 5.75 Å². The number of hydrogen-bond donors (Lipinski definition) is 1. The van der Waals surface area contributed by atoms with Crippen molar-refractivity contribution in [2.24, 2.45) is 5.41 Å². The first-order valence-electron chi connectivity index (χ1n) is 8.94. The Labute approximate surface area is 153 Å². The van der Waals surface area contributed by atoms with Crippen LogP contribution in [-0.2, 0) is 12.8 Å². The number of aromatic carboxylic acids is 1. The lowest BCUT2D eigenvalue weighted by atomic mass is 9.76. The number of hydrogen-bond acceptors (Lipinski definition) is 3. The van der Waals surface area contributed by atoms with E-state index in [0.717, 1.165) is 53.0 Å². The molecular weight excluding hydrogens is 332 g/mol. The fourth-order valence-corrected chi connectivity index (χ4v) is 4.94. The molecular formula is C21H26O3S. The minimum absolute atomic E-state index is 0.169. The Morgan fingerprint density at radius 3 is 2.76 bits per heavy atom. The van der Waals surface area contributed by atoms with Crippen LogP contribution in [0.15, 0.2) is 18.2 Å². The van der Waals surface area contributed by atoms with Gasteiger partial charge in [-0.05, 0) is 72.9 Å². The van der Waals surface area contributed by atoms with Gasteiger partial charge in [0.2, 0.25) is 0 Å². The van der Waals surface area contributed by atoms with E-state index in [1.807, 2.05) is 25.1 Å². The van der Waals surface area contributed by atoms with E-state index in [0.29, 0.717) is 12.2 Å². The van der Waals surface area contributed by atoms with E-state index in [9.17, 15) is 9.90 Å². The molecule has 1 heterocycles. The summed E-state index contributed by atoms with van der Waals surface area (Å²) < 4.78 is 5.70. The van der Waals surface area contributed by atoms with Gasteiger partial charge in [0.25, 0.3) is 0 Å². The molecule has 1 aliphatic rings. The number of fused-ring (bicyclic) bond motifs is 1. The van der Waals surface area contributed by atoms with E-state index < -0.39 is 5.97 Å². The Morgan fingerprint density at radius 2 is 2.12 bits per heavy atom. The molecule has 0 fully saturated rings. The molecule has 0 radical (unpaired) electrons. The number of benzene rings is 1. The van der Waals surface area contributed by atoms with Gasteiger partial charge in [-0.15, -0.1) is 11.3 Å². The first-order valence-corrected chi connectivity index (χ1v) is 9.75. The number of carboxylic acids is 1. The molecule has 1 aliphatic carbocycles. The molecule has 0 amide bonds. The van der Waals surface area contributed by atoms with Crippen LogP contribution in [-0.4, -0.2) is 17.7 Å². The second kappa shape index (κ2) is 6.83. The fraction of sp³-hybridized carbons (Fsp3) is 0.476. The molecule has 0 spiro atoms. The van der Waals surface area contributed by atoms with Crippen molar-refractivity contribution in [2.45, 2.75) is 53.4 Å². The zero-order valence-corrected chi connectivity index (χ0v) is 16.3. The molecule has 0 atom stereocenters. The number of ether oxygens (including phenoxy) is 1. The molecule has 3 rings (SSSR count). The third-order valence-corrected chi connectivity index (χ3v) is 6.23. The van der Waals surface area contributed by atoms with Gasteiger partial charge in [0.15, 0.2) is 0 Å². The minimum Gasteiger partial charge on any atom is -0.494 e. The van der Waals surface area contributed by atoms with E-state index in [2.05, 4.69) is 20.8 Å². The maximum absolute atomic E-state index is 12.0. The predicted octanol–water partition coefficient (Wildman–Crippen LogP) is 5.73. The van der Waals surface area contributed by atoms with Crippen molar-refractivity contribution in [3.8, 4) is 16.2 Å². The lowest BCUT2D eigenvalue weighted by Gasteiger charge is -2.29. The van der Waals surface area contributed by atoms with Gasteiger partial charge in [0.05, 0.1) is 12.2 Å². The van der Waals surface area contributed by atoms with Crippen molar-refractivity contribution in [3.05, 3.63) is 39.8 Å². The second-order valence-corrected chi connectivity index (χ2v) is 8.78. The van der Waals surface area contributed by atoms with Crippen LogP contribution in [0.2, 0.25) is 0 Å². The van der Waals surface area contributed by atoms with Crippen molar-refractivity contribution in [1.29, 1.82) is 0 Å². The summed E-state index contributed by atoms with van der Waals surface area (Å²) in [6.07, 6.45) is 3.90. The van der Waals surface area contributed by atoms with Crippen LogP contribution in [0.3, 0.4) is 0 Å². The van der Waals surface area contributed by atoms with Crippen LogP contribution in [0, 0.1) is 12.3 Å². The molecule has 1 aromatic carbocycles. The predicted molar refractivity (Wildman–Crippen MR) is 103 cm³/mol. The van der Waals surface area contributed by atoms with Crippen LogP contribution in [0.1, 0.15) is 60.0 Å². The van der Waals surface area contributed by atoms with Gasteiger partial charge in [0, 0.05) is 9.75 Å². The van der Waals surface area contributed by atoms with Crippen molar-refractivity contribution in [1.82, 2.24) is 0 Å². The summed E-state index contributed by atoms with van der Waals surface area (Å²) in [6, 6.07) is 5.97. The highest BCUT2D eigenvalue weighted by atomic mass is 32.1. The zero-order valence-electron chi connectivity index (χ0n) is 15.4. The molecule has 2 aromatic rings. The molecule has 3 nitrogen and oxygen atoms in total. The van der Waals surface area contributed by atoms with E-state index in [1.165, 1.54) is 4.88 Å². The Balaban J connectivity index is 2.06. The Kier molecular flexibility index (Phi) is 4.92. The Bertz CT molecular complexity index is 802. The first kappa shape index (κ1) is 18.0. The van der Waals surface area contributed by atoms with E-state index >= 15 is 0 Å². The topological polar surface area (TPSA) is 46.5 Å². The summed E-state index contributed by atoms with van der Waals surface area (Å²) in [4.78, 5) is 14.2. The minimum atomic E-state index is -0.809. The fourth-order valence-electron chi connectivity index (χ4n) is 3.54. The maximum atomic E-state index is 12.0. The van der Waals surface area contributed by atoms with E-state index in [4.69, 9.17) is 4.74 Å². The average molecular weight is 359 g/mol. The molecule has 134 valence electrons. The molecule has 1 N–H and O–H groups in total. The normalized spacial score (nSPS) is 15.7. The molecule has 25 heavy (non-hydrogen) atoms. The molecule has 0 saturated carbocycles. The SMILES string of the molecule is CCCOc1ccc(-c2sc3c(c2C(=O)O)CC(C)(C)CC3)c(C)c1. The monoisotopic (exact) mass is 358 g/mol. The lowest BCUT2D eigenvalue weighted by molar-refractivity contribution is 0.0696. The van der Waals surface area contributed by atoms with Crippen LogP contribution in [0.4, 0.5) is 0 Å². The zero-order chi connectivity index (χ0) is 18.2. The van der Waals surface area contributed by atoms with Crippen molar-refractivity contribution < 1.29 is 14.6 Å². The van der Waals surface area contributed by atoms with E-state index in [-0.39, 0.29) is 5.41 Å². The van der Waals surface area contributed by atoms with Crippen LogP contribution in [0.5, 0.6) is 5.75 Å². The van der Waals surface area contributed by atoms with Crippen LogP contribution in [0.25, 0.3) is 10.4 Å². The number of rotatable bonds is 5. The van der Waals surface area contributed by atoms with Gasteiger partial charge >= 0.3 is 5.97 Å². The number of carboxylic acid groups (broad SMARTS) is 1. The number of thiophene rings is 1. The summed E-state index contributed by atoms with van der Waals surface area (Å²) in [5, 5.41) is 9.89. The summed E-state index contributed by atoms with van der Waals surface area (Å²) in [6.45, 7) is 9.26. The number of aryl methyl sites for hydroxylation is 2. The largest absolute Gasteiger partial charge is 0.494 e. The summed E-state index contributed by atoms with van der Waals surface area (Å²) in [7, 11) is 0. The van der Waals surface area contributed by atoms with Crippen molar-refractivity contribution >= 4 is 17.3 Å². The molecule has 1 aromatic heterocycles. The highest BCUT2D eigenvalue weighted by Crippen LogP contribution is 2.46. The third kappa shape index (κ3) is 3.59. The summed E-state index contributed by atoms with van der Waals surface area (Å²) >= 11 is 1.66. The highest BCUT2D eigenvalue weighted by Gasteiger charge is 2.33. The second-order valence-electron chi connectivity index (χ2n) is 7.68. The van der Waals surface area contributed by atoms with E-state index in [1.54, 1.807) is 11.3 Å². The van der Waals surface area contributed by atoms with Gasteiger partial charge in [-0.3, -0.25) is 0 Å². The van der Waals surface area contributed by atoms with Gasteiger partial charge < -0.3 is 9.84 Å². The average Bonchev–Trinajstić information content (AvgIpc) is 2.90. The first-order chi connectivity index (χ1) is 11.8. The van der Waals surface area contributed by atoms with Crippen LogP contribution < -0.4 is 4.74 Å². The molecule has 0 saturated heterocycles. The van der Waals surface area contributed by atoms with Gasteiger partial charge in [-0.1, -0.05) is 20.8 Å². The highest BCUT2D eigenvalue weighted by molar-refractivity contribution is 7.16. The Hall–Kier alpha value is -1.81. The Morgan fingerprint density at radius 1 is 1.36 bits per heavy atom. The standard InChI is InChI=1S/C21H26O3S/c1-5-10-24-14-6-7-15(13(2)11-14)19-18(20(22)23)16-12-21(3,4)9-8-17(16)25-19/h6-7,11H,5,8-10,12H2,1-4H3,(H,22,23). The molecule has 0 bridgehead atoms. The number of carbonyl (C=O) groups is 1. The lowest BCUT2D eigenvalue weighted by Crippen LogP contribution is -2.22. The molecule has 0 unspecified atom stereocenters. The van der Waals surface area contributed by atoms with Crippen LogP contribution >= 0.6 is 11.3 Å². The van der Waals surface area contributed by atoms with Gasteiger partial charge in [-0.25, -0.2) is 4.79 Å². The molecule has 0 aliphatic heterocycles.